The first-order chi connectivity index (χ1) is 18.0. The van der Waals surface area contributed by atoms with Crippen molar-refractivity contribution in [2.24, 2.45) is 11.8 Å². The van der Waals surface area contributed by atoms with E-state index in [0.717, 1.165) is 29.4 Å². The first-order valence-electron chi connectivity index (χ1n) is 13.5. The van der Waals surface area contributed by atoms with E-state index < -0.39 is 35.9 Å². The van der Waals surface area contributed by atoms with Crippen LogP contribution >= 0.6 is 0 Å². The molecule has 38 heavy (non-hydrogen) atoms. The van der Waals surface area contributed by atoms with Gasteiger partial charge in [0.05, 0.1) is 6.04 Å². The lowest BCUT2D eigenvalue weighted by Crippen LogP contribution is -2.57. The van der Waals surface area contributed by atoms with Crippen LogP contribution < -0.4 is 21.3 Å². The van der Waals surface area contributed by atoms with E-state index in [9.17, 15) is 24.3 Å². The predicted octanol–water partition coefficient (Wildman–Crippen LogP) is 2.09. The Morgan fingerprint density at radius 3 is 2.18 bits per heavy atom. The van der Waals surface area contributed by atoms with Gasteiger partial charge in [-0.25, -0.2) is 4.79 Å². The summed E-state index contributed by atoms with van der Waals surface area (Å²) in [4.78, 5) is 54.7. The molecule has 6 N–H and O–H groups in total. The maximum atomic E-state index is 13.5. The van der Waals surface area contributed by atoms with Gasteiger partial charge in [-0.3, -0.25) is 14.4 Å². The molecule has 1 aliphatic rings. The highest BCUT2D eigenvalue weighted by atomic mass is 16.4. The number of carboxylic acid groups (broad SMARTS) is 1. The van der Waals surface area contributed by atoms with Gasteiger partial charge in [-0.05, 0) is 55.7 Å². The van der Waals surface area contributed by atoms with Crippen molar-refractivity contribution >= 4 is 34.6 Å². The lowest BCUT2D eigenvalue weighted by atomic mass is 9.99. The van der Waals surface area contributed by atoms with Gasteiger partial charge >= 0.3 is 5.97 Å². The minimum Gasteiger partial charge on any atom is -0.480 e. The van der Waals surface area contributed by atoms with Gasteiger partial charge in [0.25, 0.3) is 0 Å². The number of aromatic amines is 1. The van der Waals surface area contributed by atoms with Crippen LogP contribution in [0.15, 0.2) is 30.5 Å². The van der Waals surface area contributed by atoms with Crippen molar-refractivity contribution in [2.75, 3.05) is 6.54 Å². The zero-order chi connectivity index (χ0) is 27.8. The van der Waals surface area contributed by atoms with E-state index in [0.29, 0.717) is 12.8 Å². The number of rotatable bonds is 13. The number of H-pyrrole nitrogens is 1. The summed E-state index contributed by atoms with van der Waals surface area (Å²) in [5.74, 6) is -2.25. The number of hydrogen-bond acceptors (Lipinski definition) is 5. The van der Waals surface area contributed by atoms with E-state index in [2.05, 4.69) is 26.3 Å². The molecule has 1 aliphatic heterocycles. The Kier molecular flexibility index (Phi) is 10.3. The number of para-hydroxylation sites is 1. The van der Waals surface area contributed by atoms with E-state index in [1.165, 1.54) is 0 Å². The number of hydrogen-bond donors (Lipinski definition) is 6. The van der Waals surface area contributed by atoms with Gasteiger partial charge in [0.2, 0.25) is 17.7 Å². The second-order valence-electron chi connectivity index (χ2n) is 11.0. The van der Waals surface area contributed by atoms with Gasteiger partial charge in [0.1, 0.15) is 18.1 Å². The van der Waals surface area contributed by atoms with Crippen molar-refractivity contribution in [2.45, 2.75) is 84.0 Å². The monoisotopic (exact) mass is 527 g/mol. The van der Waals surface area contributed by atoms with Crippen molar-refractivity contribution < 1.29 is 24.3 Å². The highest BCUT2D eigenvalue weighted by molar-refractivity contribution is 5.95. The Labute approximate surface area is 223 Å². The first kappa shape index (κ1) is 29.2. The molecule has 1 fully saturated rings. The zero-order valence-corrected chi connectivity index (χ0v) is 22.7. The minimum atomic E-state index is -1.13. The first-order valence-corrected chi connectivity index (χ1v) is 13.5. The van der Waals surface area contributed by atoms with Gasteiger partial charge < -0.3 is 31.4 Å². The number of nitrogens with one attached hydrogen (secondary N) is 5. The van der Waals surface area contributed by atoms with Gasteiger partial charge in [0, 0.05) is 23.5 Å². The third kappa shape index (κ3) is 8.05. The Morgan fingerprint density at radius 1 is 0.921 bits per heavy atom. The molecule has 10 nitrogen and oxygen atoms in total. The van der Waals surface area contributed by atoms with Crippen LogP contribution in [0, 0.1) is 11.8 Å². The number of fused-ring (bicyclic) bond motifs is 1. The largest absolute Gasteiger partial charge is 0.480 e. The summed E-state index contributed by atoms with van der Waals surface area (Å²) in [6, 6.07) is 4.35. The van der Waals surface area contributed by atoms with Crippen LogP contribution in [0.5, 0.6) is 0 Å². The average molecular weight is 528 g/mol. The molecule has 2 heterocycles. The predicted molar refractivity (Wildman–Crippen MR) is 145 cm³/mol. The maximum absolute atomic E-state index is 13.5. The zero-order valence-electron chi connectivity index (χ0n) is 22.7. The molecule has 208 valence electrons. The lowest BCUT2D eigenvalue weighted by Gasteiger charge is -2.26. The number of amides is 3. The number of carbonyl (C=O) groups is 4. The maximum Gasteiger partial charge on any atom is 0.326 e. The van der Waals surface area contributed by atoms with Crippen molar-refractivity contribution in [1.29, 1.82) is 0 Å². The molecular formula is C28H41N5O5. The number of aliphatic carboxylic acids is 1. The molecule has 1 aromatic carbocycles. The lowest BCUT2D eigenvalue weighted by molar-refractivity contribution is -0.142. The summed E-state index contributed by atoms with van der Waals surface area (Å²) in [5, 5.41) is 22.0. The Hall–Kier alpha value is -3.40. The molecule has 3 amide bonds. The van der Waals surface area contributed by atoms with Crippen LogP contribution in [0.2, 0.25) is 0 Å². The number of aromatic nitrogens is 1. The average Bonchev–Trinajstić information content (AvgIpc) is 3.53. The van der Waals surface area contributed by atoms with Crippen LogP contribution in [0.25, 0.3) is 10.9 Å². The SMILES string of the molecule is CC(C)CC(NC(=O)C(Cc1c[nH]c2ccccc12)NC(=O)C(CC(C)C)NC(=O)C1CCCN1)C(=O)O. The minimum absolute atomic E-state index is 0.0490. The third-order valence-corrected chi connectivity index (χ3v) is 6.77. The van der Waals surface area contributed by atoms with Gasteiger partial charge in [-0.1, -0.05) is 45.9 Å². The van der Waals surface area contributed by atoms with E-state index in [1.54, 1.807) is 6.20 Å². The van der Waals surface area contributed by atoms with Crippen molar-refractivity contribution in [3.05, 3.63) is 36.0 Å². The Bertz CT molecular complexity index is 1120. The van der Waals surface area contributed by atoms with Crippen molar-refractivity contribution in [1.82, 2.24) is 26.3 Å². The van der Waals surface area contributed by atoms with E-state index in [-0.39, 0.29) is 36.6 Å². The number of carbonyl (C=O) groups excluding carboxylic acids is 3. The molecule has 10 heteroatoms. The molecule has 4 atom stereocenters. The normalized spacial score (nSPS) is 17.8. The summed E-state index contributed by atoms with van der Waals surface area (Å²) >= 11 is 0. The van der Waals surface area contributed by atoms with E-state index in [4.69, 9.17) is 0 Å². The molecule has 0 saturated carbocycles. The molecule has 2 aromatic rings. The van der Waals surface area contributed by atoms with E-state index in [1.807, 2.05) is 52.0 Å². The highest BCUT2D eigenvalue weighted by Crippen LogP contribution is 2.20. The summed E-state index contributed by atoms with van der Waals surface area (Å²) in [6.07, 6.45) is 4.21. The fraction of sp³-hybridized carbons (Fsp3) is 0.571. The van der Waals surface area contributed by atoms with Gasteiger partial charge in [-0.15, -0.1) is 0 Å². The fourth-order valence-corrected chi connectivity index (χ4v) is 4.85. The van der Waals surface area contributed by atoms with Gasteiger partial charge in [0.15, 0.2) is 0 Å². The fourth-order valence-electron chi connectivity index (χ4n) is 4.85. The molecule has 4 unspecified atom stereocenters. The summed E-state index contributed by atoms with van der Waals surface area (Å²) < 4.78 is 0. The molecule has 1 saturated heterocycles. The van der Waals surface area contributed by atoms with Crippen LogP contribution in [0.4, 0.5) is 0 Å². The molecular weight excluding hydrogens is 486 g/mol. The number of carboxylic acids is 1. The van der Waals surface area contributed by atoms with Crippen LogP contribution in [0.3, 0.4) is 0 Å². The number of benzene rings is 1. The van der Waals surface area contributed by atoms with Gasteiger partial charge in [-0.2, -0.15) is 0 Å². The smallest absolute Gasteiger partial charge is 0.326 e. The molecule has 0 radical (unpaired) electrons. The second-order valence-corrected chi connectivity index (χ2v) is 11.0. The van der Waals surface area contributed by atoms with Crippen LogP contribution in [-0.4, -0.2) is 64.5 Å². The summed E-state index contributed by atoms with van der Waals surface area (Å²) in [7, 11) is 0. The summed E-state index contributed by atoms with van der Waals surface area (Å²) in [5.41, 5.74) is 1.71. The molecule has 1 aromatic heterocycles. The Balaban J connectivity index is 1.83. The van der Waals surface area contributed by atoms with Crippen molar-refractivity contribution in [3.8, 4) is 0 Å². The van der Waals surface area contributed by atoms with Crippen molar-refractivity contribution in [3.63, 3.8) is 0 Å². The second kappa shape index (κ2) is 13.4. The topological polar surface area (TPSA) is 152 Å². The third-order valence-electron chi connectivity index (χ3n) is 6.77. The van der Waals surface area contributed by atoms with E-state index >= 15 is 0 Å². The molecule has 0 spiro atoms. The van der Waals surface area contributed by atoms with Crippen LogP contribution in [0.1, 0.15) is 58.9 Å². The highest BCUT2D eigenvalue weighted by Gasteiger charge is 2.32. The molecule has 0 aliphatic carbocycles. The summed E-state index contributed by atoms with van der Waals surface area (Å²) in [6.45, 7) is 8.43. The quantitative estimate of drug-likeness (QED) is 0.235. The molecule has 3 rings (SSSR count). The standard InChI is InChI=1S/C28H41N5O5/c1-16(2)12-22(31-25(34)21-10-7-11-29-21)26(35)32-23(27(36)33-24(28(37)38)13-17(3)4)14-18-15-30-20-9-6-5-8-19(18)20/h5-6,8-9,15-17,21-24,29-30H,7,10-14H2,1-4H3,(H,31,34)(H,32,35)(H,33,36)(H,37,38). The Morgan fingerprint density at radius 2 is 1.55 bits per heavy atom. The van der Waals surface area contributed by atoms with Crippen LogP contribution in [-0.2, 0) is 25.6 Å². The molecule has 0 bridgehead atoms.